The number of piperidine rings is 1. The number of carbonyl (C=O) groups is 1. The van der Waals surface area contributed by atoms with Crippen LogP contribution in [0.5, 0.6) is 0 Å². The number of benzene rings is 2. The number of nitrogens with one attached hydrogen (secondary N) is 4. The van der Waals surface area contributed by atoms with Gasteiger partial charge in [-0.25, -0.2) is 0 Å². The number of piperazine rings is 1. The van der Waals surface area contributed by atoms with E-state index in [-0.39, 0.29) is 5.91 Å². The summed E-state index contributed by atoms with van der Waals surface area (Å²) >= 11 is 12.2. The monoisotopic (exact) mass is 557 g/mol. The third-order valence-corrected chi connectivity index (χ3v) is 7.76. The van der Waals surface area contributed by atoms with Gasteiger partial charge in [-0.15, -0.1) is 0 Å². The van der Waals surface area contributed by atoms with Gasteiger partial charge in [0.05, 0.1) is 0 Å². The van der Waals surface area contributed by atoms with Crippen molar-refractivity contribution in [2.45, 2.75) is 58.0 Å². The van der Waals surface area contributed by atoms with Crippen LogP contribution in [0.2, 0.25) is 10.0 Å². The Hall–Kier alpha value is -2.25. The summed E-state index contributed by atoms with van der Waals surface area (Å²) < 4.78 is 0. The fourth-order valence-corrected chi connectivity index (χ4v) is 5.70. The predicted octanol–water partition coefficient (Wildman–Crippen LogP) is 5.68. The highest BCUT2D eigenvalue weighted by Crippen LogP contribution is 2.22. The largest absolute Gasteiger partial charge is 0.356 e. The van der Waals surface area contributed by atoms with Crippen molar-refractivity contribution in [1.29, 1.82) is 0 Å². The van der Waals surface area contributed by atoms with Gasteiger partial charge >= 0.3 is 0 Å². The molecule has 4 rings (SSSR count). The average Bonchev–Trinajstić information content (AvgIpc) is 2.90. The fourth-order valence-electron chi connectivity index (χ4n) is 5.20. The lowest BCUT2D eigenvalue weighted by atomic mass is 10.0. The molecule has 2 saturated heterocycles. The Balaban J connectivity index is 1.38. The molecule has 1 unspecified atom stereocenters. The zero-order valence-electron chi connectivity index (χ0n) is 22.5. The molecule has 2 fully saturated rings. The highest BCUT2D eigenvalue weighted by atomic mass is 35.5. The van der Waals surface area contributed by atoms with Gasteiger partial charge in [0.1, 0.15) is 5.82 Å². The lowest BCUT2D eigenvalue weighted by Gasteiger charge is -2.38. The van der Waals surface area contributed by atoms with Crippen LogP contribution in [0.4, 0.5) is 5.69 Å². The van der Waals surface area contributed by atoms with Crippen LogP contribution in [-0.2, 0) is 6.42 Å². The first-order valence-corrected chi connectivity index (χ1v) is 14.7. The van der Waals surface area contributed by atoms with E-state index in [9.17, 15) is 4.79 Å². The molecule has 0 aromatic heterocycles. The zero-order chi connectivity index (χ0) is 26.9. The van der Waals surface area contributed by atoms with Crippen molar-refractivity contribution in [3.8, 4) is 0 Å². The Morgan fingerprint density at radius 2 is 1.92 bits per heavy atom. The number of carbonyl (C=O) groups excluding carboxylic acids is 1. The molecule has 0 bridgehead atoms. The third kappa shape index (κ3) is 8.63. The molecule has 38 heavy (non-hydrogen) atoms. The second-order valence-corrected chi connectivity index (χ2v) is 11.6. The summed E-state index contributed by atoms with van der Waals surface area (Å²) in [6, 6.07) is 14.0. The molecule has 6 nitrogen and oxygen atoms in total. The maximum Gasteiger partial charge on any atom is 0.251 e. The Labute approximate surface area is 237 Å². The van der Waals surface area contributed by atoms with Gasteiger partial charge in [-0.2, -0.15) is 0 Å². The molecule has 0 aliphatic carbocycles. The van der Waals surface area contributed by atoms with Crippen molar-refractivity contribution in [2.24, 2.45) is 5.92 Å². The molecule has 2 atom stereocenters. The molecule has 8 heteroatoms. The Morgan fingerprint density at radius 3 is 2.63 bits per heavy atom. The Bertz CT molecular complexity index is 1080. The molecule has 2 aromatic rings. The van der Waals surface area contributed by atoms with Crippen molar-refractivity contribution in [3.05, 3.63) is 75.5 Å². The van der Waals surface area contributed by atoms with E-state index < -0.39 is 0 Å². The molecule has 2 aliphatic heterocycles. The molecule has 0 saturated carbocycles. The van der Waals surface area contributed by atoms with Crippen molar-refractivity contribution in [3.63, 3.8) is 0 Å². The van der Waals surface area contributed by atoms with Crippen LogP contribution in [0.3, 0.4) is 0 Å². The molecular weight excluding hydrogens is 517 g/mol. The number of hydrogen-bond donors (Lipinski definition) is 4. The number of anilines is 1. The van der Waals surface area contributed by atoms with Crippen LogP contribution >= 0.6 is 23.2 Å². The summed E-state index contributed by atoms with van der Waals surface area (Å²) in [6.45, 7) is 9.08. The summed E-state index contributed by atoms with van der Waals surface area (Å²) in [4.78, 5) is 15.2. The summed E-state index contributed by atoms with van der Waals surface area (Å²) in [6.07, 6.45) is 7.83. The van der Waals surface area contributed by atoms with Gasteiger partial charge in [0.15, 0.2) is 0 Å². The third-order valence-electron chi connectivity index (χ3n) is 7.17. The molecular formula is C30H41Cl2N5O. The van der Waals surface area contributed by atoms with Crippen molar-refractivity contribution < 1.29 is 4.79 Å². The van der Waals surface area contributed by atoms with E-state index in [0.29, 0.717) is 46.6 Å². The first-order chi connectivity index (χ1) is 18.4. The van der Waals surface area contributed by atoms with E-state index in [0.717, 1.165) is 49.7 Å². The van der Waals surface area contributed by atoms with Crippen molar-refractivity contribution >= 4 is 34.8 Å². The number of rotatable bonds is 10. The number of nitrogens with zero attached hydrogens (tertiary/aromatic N) is 1. The van der Waals surface area contributed by atoms with Crippen LogP contribution in [0, 0.1) is 5.92 Å². The fraction of sp³-hybridized carbons (Fsp3) is 0.500. The number of amides is 1. The highest BCUT2D eigenvalue weighted by Gasteiger charge is 2.23. The smallest absolute Gasteiger partial charge is 0.251 e. The maximum atomic E-state index is 12.7. The van der Waals surface area contributed by atoms with Crippen LogP contribution in [0.1, 0.15) is 55.5 Å². The molecule has 0 spiro atoms. The first kappa shape index (κ1) is 28.8. The number of hydrogen-bond acceptors (Lipinski definition) is 5. The summed E-state index contributed by atoms with van der Waals surface area (Å²) in [5, 5.41) is 15.2. The van der Waals surface area contributed by atoms with E-state index in [1.165, 1.54) is 19.3 Å². The van der Waals surface area contributed by atoms with Gasteiger partial charge in [0.2, 0.25) is 0 Å². The topological polar surface area (TPSA) is 68.4 Å². The molecule has 2 aliphatic rings. The van der Waals surface area contributed by atoms with E-state index in [2.05, 4.69) is 46.1 Å². The minimum absolute atomic E-state index is 0.0950. The van der Waals surface area contributed by atoms with E-state index in [1.807, 2.05) is 36.4 Å². The Kier molecular flexibility index (Phi) is 10.8. The van der Waals surface area contributed by atoms with Gasteiger partial charge in [-0.05, 0) is 86.2 Å². The minimum Gasteiger partial charge on any atom is -0.356 e. The average molecular weight is 559 g/mol. The quantitative estimate of drug-likeness (QED) is 0.302. The van der Waals surface area contributed by atoms with E-state index >= 15 is 0 Å². The van der Waals surface area contributed by atoms with Gasteiger partial charge < -0.3 is 26.2 Å². The SMILES string of the molecule is CC(C)C[C@H]1CN(C(=CC2CCCCN2)Nc2ccc(C(=O)NCCc3ccc(Cl)cc3Cl)cc2)CCN1. The summed E-state index contributed by atoms with van der Waals surface area (Å²) in [7, 11) is 0. The minimum atomic E-state index is -0.0950. The van der Waals surface area contributed by atoms with Crippen LogP contribution in [0.25, 0.3) is 0 Å². The summed E-state index contributed by atoms with van der Waals surface area (Å²) in [5.41, 5.74) is 2.58. The molecule has 206 valence electrons. The lowest BCUT2D eigenvalue weighted by molar-refractivity contribution is 0.0954. The van der Waals surface area contributed by atoms with E-state index in [4.69, 9.17) is 23.2 Å². The predicted molar refractivity (Wildman–Crippen MR) is 159 cm³/mol. The normalized spacial score (nSPS) is 20.4. The molecule has 1 amide bonds. The molecule has 2 heterocycles. The van der Waals surface area contributed by atoms with Crippen LogP contribution in [0.15, 0.2) is 54.4 Å². The molecule has 4 N–H and O–H groups in total. The Morgan fingerprint density at radius 1 is 1.11 bits per heavy atom. The van der Waals surface area contributed by atoms with Gasteiger partial charge in [0, 0.05) is 59.6 Å². The van der Waals surface area contributed by atoms with E-state index in [1.54, 1.807) is 6.07 Å². The van der Waals surface area contributed by atoms with Gasteiger partial charge in [-0.3, -0.25) is 4.79 Å². The van der Waals surface area contributed by atoms with Crippen LogP contribution < -0.4 is 21.3 Å². The molecule has 0 radical (unpaired) electrons. The molecule has 2 aromatic carbocycles. The first-order valence-electron chi connectivity index (χ1n) is 13.9. The van der Waals surface area contributed by atoms with Crippen LogP contribution in [-0.4, -0.2) is 55.6 Å². The zero-order valence-corrected chi connectivity index (χ0v) is 24.0. The second kappa shape index (κ2) is 14.2. The van der Waals surface area contributed by atoms with Crippen molar-refractivity contribution in [2.75, 3.05) is 38.0 Å². The van der Waals surface area contributed by atoms with Gasteiger partial charge in [-0.1, -0.05) is 49.5 Å². The highest BCUT2D eigenvalue weighted by molar-refractivity contribution is 6.35. The standard InChI is InChI=1S/C30H41Cl2N5O/c1-21(2)17-27-20-37(16-15-34-27)29(19-26-5-3-4-13-33-26)36-25-10-7-23(8-11-25)30(38)35-14-12-22-6-9-24(31)18-28(22)32/h6-11,18-19,21,26-27,33-34,36H,3-5,12-17,20H2,1-2H3,(H,35,38)/t26?,27-/m0/s1. The lowest BCUT2D eigenvalue weighted by Crippen LogP contribution is -2.51. The maximum absolute atomic E-state index is 12.7. The van der Waals surface area contributed by atoms with Gasteiger partial charge in [0.25, 0.3) is 5.91 Å². The second-order valence-electron chi connectivity index (χ2n) is 10.8. The summed E-state index contributed by atoms with van der Waals surface area (Å²) in [5.74, 6) is 1.72. The van der Waals surface area contributed by atoms with Crippen molar-refractivity contribution in [1.82, 2.24) is 20.9 Å². The number of halogens is 2.